The summed E-state index contributed by atoms with van der Waals surface area (Å²) in [4.78, 5) is 27.0. The monoisotopic (exact) mass is 340 g/mol. The van der Waals surface area contributed by atoms with Crippen LogP contribution in [0.3, 0.4) is 0 Å². The van der Waals surface area contributed by atoms with Crippen molar-refractivity contribution in [2.75, 3.05) is 0 Å². The molecule has 130 valence electrons. The zero-order chi connectivity index (χ0) is 18.0. The van der Waals surface area contributed by atoms with Gasteiger partial charge in [0.25, 0.3) is 5.91 Å². The molecular weight excluding hydrogens is 319 g/mol. The third-order valence-electron chi connectivity index (χ3n) is 4.41. The third kappa shape index (κ3) is 3.27. The Labute approximate surface area is 146 Å². The van der Waals surface area contributed by atoms with Crippen molar-refractivity contribution in [1.29, 1.82) is 0 Å². The van der Waals surface area contributed by atoms with Crippen LogP contribution in [0.15, 0.2) is 54.6 Å². The number of halogens is 1. The minimum absolute atomic E-state index is 0.123. The Kier molecular flexibility index (Phi) is 4.57. The van der Waals surface area contributed by atoms with Gasteiger partial charge in [0.2, 0.25) is 0 Å². The molecule has 1 atom stereocenters. The molecule has 0 aromatic heterocycles. The summed E-state index contributed by atoms with van der Waals surface area (Å²) < 4.78 is 13.1. The highest BCUT2D eigenvalue weighted by Crippen LogP contribution is 2.35. The predicted molar refractivity (Wildman–Crippen MR) is 93.1 cm³/mol. The van der Waals surface area contributed by atoms with Gasteiger partial charge in [0.15, 0.2) is 0 Å². The van der Waals surface area contributed by atoms with Crippen LogP contribution in [0.2, 0.25) is 0 Å². The maximum Gasteiger partial charge on any atom is 0.325 e. The fourth-order valence-corrected chi connectivity index (χ4v) is 3.33. The molecule has 3 rings (SSSR count). The van der Waals surface area contributed by atoms with Gasteiger partial charge in [-0.1, -0.05) is 56.3 Å². The molecule has 1 unspecified atom stereocenters. The van der Waals surface area contributed by atoms with Gasteiger partial charge in [-0.3, -0.25) is 9.69 Å². The molecule has 1 heterocycles. The van der Waals surface area contributed by atoms with Gasteiger partial charge in [0.05, 0.1) is 6.54 Å². The van der Waals surface area contributed by atoms with E-state index in [9.17, 15) is 14.0 Å². The molecule has 1 aliphatic heterocycles. The molecule has 0 aliphatic carbocycles. The van der Waals surface area contributed by atoms with Crippen molar-refractivity contribution in [3.8, 4) is 0 Å². The van der Waals surface area contributed by atoms with Crippen LogP contribution in [0.1, 0.15) is 31.4 Å². The summed E-state index contributed by atoms with van der Waals surface area (Å²) in [6.07, 6.45) is 0.515. The smallest absolute Gasteiger partial charge is 0.319 e. The van der Waals surface area contributed by atoms with Crippen LogP contribution in [0.4, 0.5) is 9.18 Å². The van der Waals surface area contributed by atoms with Crippen molar-refractivity contribution < 1.29 is 14.0 Å². The van der Waals surface area contributed by atoms with Gasteiger partial charge in [-0.05, 0) is 35.6 Å². The molecule has 0 radical (unpaired) electrons. The Morgan fingerprint density at radius 2 is 1.68 bits per heavy atom. The minimum atomic E-state index is -1.05. The molecule has 1 saturated heterocycles. The van der Waals surface area contributed by atoms with E-state index in [0.29, 0.717) is 12.0 Å². The van der Waals surface area contributed by atoms with Crippen molar-refractivity contribution in [3.63, 3.8) is 0 Å². The van der Waals surface area contributed by atoms with E-state index in [2.05, 4.69) is 5.32 Å². The molecule has 25 heavy (non-hydrogen) atoms. The molecular formula is C20H21FN2O2. The third-order valence-corrected chi connectivity index (χ3v) is 4.41. The first-order valence-electron chi connectivity index (χ1n) is 8.36. The van der Waals surface area contributed by atoms with Crippen LogP contribution in [-0.4, -0.2) is 16.8 Å². The number of rotatable bonds is 5. The van der Waals surface area contributed by atoms with Crippen LogP contribution < -0.4 is 5.32 Å². The molecule has 3 amide bonds. The largest absolute Gasteiger partial charge is 0.325 e. The van der Waals surface area contributed by atoms with E-state index in [1.54, 1.807) is 12.1 Å². The number of nitrogens with zero attached hydrogens (tertiary/aromatic N) is 1. The molecule has 0 saturated carbocycles. The van der Waals surface area contributed by atoms with Crippen LogP contribution in [0, 0.1) is 11.7 Å². The number of nitrogens with one attached hydrogen (secondary N) is 1. The highest BCUT2D eigenvalue weighted by atomic mass is 19.1. The first-order valence-corrected chi connectivity index (χ1v) is 8.36. The fraction of sp³-hybridized carbons (Fsp3) is 0.300. The maximum absolute atomic E-state index is 13.2. The lowest BCUT2D eigenvalue weighted by Crippen LogP contribution is -2.45. The minimum Gasteiger partial charge on any atom is -0.319 e. The number of hydrogen-bond acceptors (Lipinski definition) is 2. The van der Waals surface area contributed by atoms with Gasteiger partial charge < -0.3 is 5.32 Å². The first kappa shape index (κ1) is 17.1. The van der Waals surface area contributed by atoms with Crippen LogP contribution >= 0.6 is 0 Å². The first-order chi connectivity index (χ1) is 11.9. The van der Waals surface area contributed by atoms with Crippen molar-refractivity contribution >= 4 is 11.9 Å². The van der Waals surface area contributed by atoms with Crippen LogP contribution in [0.25, 0.3) is 0 Å². The Balaban J connectivity index is 1.94. The average Bonchev–Trinajstić information content (AvgIpc) is 2.82. The fourth-order valence-electron chi connectivity index (χ4n) is 3.33. The van der Waals surface area contributed by atoms with E-state index in [1.807, 2.05) is 44.2 Å². The van der Waals surface area contributed by atoms with Gasteiger partial charge in [0.1, 0.15) is 11.4 Å². The van der Waals surface area contributed by atoms with Crippen LogP contribution in [-0.2, 0) is 16.9 Å². The summed E-state index contributed by atoms with van der Waals surface area (Å²) >= 11 is 0. The second-order valence-corrected chi connectivity index (χ2v) is 6.82. The number of imide groups is 1. The quantitative estimate of drug-likeness (QED) is 0.841. The average molecular weight is 340 g/mol. The number of amides is 3. The molecule has 4 nitrogen and oxygen atoms in total. The van der Waals surface area contributed by atoms with Gasteiger partial charge in [-0.25, -0.2) is 9.18 Å². The normalized spacial score (nSPS) is 20.2. The van der Waals surface area contributed by atoms with Gasteiger partial charge in [0, 0.05) is 0 Å². The van der Waals surface area contributed by atoms with Gasteiger partial charge >= 0.3 is 6.03 Å². The number of benzene rings is 2. The summed E-state index contributed by atoms with van der Waals surface area (Å²) in [6.45, 7) is 4.16. The van der Waals surface area contributed by atoms with E-state index in [1.165, 1.54) is 17.0 Å². The Morgan fingerprint density at radius 1 is 1.04 bits per heavy atom. The SMILES string of the molecule is CC(C)CC1(c2ccccc2)NC(=O)N(Cc2ccc(F)cc2)C1=O. The number of hydrogen-bond donors (Lipinski definition) is 1. The molecule has 1 aliphatic rings. The topological polar surface area (TPSA) is 49.4 Å². The summed E-state index contributed by atoms with van der Waals surface area (Å²) in [5.74, 6) is -0.392. The number of carbonyl (C=O) groups is 2. The van der Waals surface area contributed by atoms with E-state index >= 15 is 0 Å². The summed E-state index contributed by atoms with van der Waals surface area (Å²) in [7, 11) is 0. The lowest BCUT2D eigenvalue weighted by Gasteiger charge is -2.29. The number of urea groups is 1. The molecule has 0 spiro atoms. The summed E-state index contributed by atoms with van der Waals surface area (Å²) in [5, 5.41) is 2.91. The molecule has 5 heteroatoms. The van der Waals surface area contributed by atoms with E-state index in [4.69, 9.17) is 0 Å². The highest BCUT2D eigenvalue weighted by Gasteiger charge is 2.52. The molecule has 2 aromatic carbocycles. The zero-order valence-corrected chi connectivity index (χ0v) is 14.3. The van der Waals surface area contributed by atoms with Crippen LogP contribution in [0.5, 0.6) is 0 Å². The van der Waals surface area contributed by atoms with E-state index in [0.717, 1.165) is 5.56 Å². The van der Waals surface area contributed by atoms with Crippen molar-refractivity contribution in [2.24, 2.45) is 5.92 Å². The Bertz CT molecular complexity index is 774. The molecule has 1 N–H and O–H groups in total. The van der Waals surface area contributed by atoms with E-state index < -0.39 is 11.6 Å². The van der Waals surface area contributed by atoms with Gasteiger partial charge in [-0.15, -0.1) is 0 Å². The maximum atomic E-state index is 13.2. The second-order valence-electron chi connectivity index (χ2n) is 6.82. The Hall–Kier alpha value is -2.69. The summed E-state index contributed by atoms with van der Waals surface area (Å²) in [6, 6.07) is 14.7. The zero-order valence-electron chi connectivity index (χ0n) is 14.3. The predicted octanol–water partition coefficient (Wildman–Crippen LogP) is 3.82. The highest BCUT2D eigenvalue weighted by molar-refractivity contribution is 6.07. The van der Waals surface area contributed by atoms with Gasteiger partial charge in [-0.2, -0.15) is 0 Å². The van der Waals surface area contributed by atoms with E-state index in [-0.39, 0.29) is 24.2 Å². The summed E-state index contributed by atoms with van der Waals surface area (Å²) in [5.41, 5.74) is 0.439. The molecule has 2 aromatic rings. The lowest BCUT2D eigenvalue weighted by atomic mass is 9.82. The van der Waals surface area contributed by atoms with Crippen molar-refractivity contribution in [2.45, 2.75) is 32.4 Å². The lowest BCUT2D eigenvalue weighted by molar-refractivity contribution is -0.132. The van der Waals surface area contributed by atoms with Crippen molar-refractivity contribution in [3.05, 3.63) is 71.5 Å². The molecule has 1 fully saturated rings. The Morgan fingerprint density at radius 3 is 2.28 bits per heavy atom. The number of carbonyl (C=O) groups excluding carboxylic acids is 2. The second kappa shape index (κ2) is 6.67. The van der Waals surface area contributed by atoms with Crippen molar-refractivity contribution in [1.82, 2.24) is 10.2 Å². The standard InChI is InChI=1S/C20H21FN2O2/c1-14(2)12-20(16-6-4-3-5-7-16)18(24)23(19(25)22-20)13-15-8-10-17(21)11-9-15/h3-11,14H,12-13H2,1-2H3,(H,22,25). The molecule has 0 bridgehead atoms.